The van der Waals surface area contributed by atoms with Crippen molar-refractivity contribution in [3.05, 3.63) is 12.7 Å². The van der Waals surface area contributed by atoms with Crippen molar-refractivity contribution in [2.24, 2.45) is 11.5 Å². The van der Waals surface area contributed by atoms with E-state index in [-0.39, 0.29) is 0 Å². The van der Waals surface area contributed by atoms with Crippen molar-refractivity contribution < 1.29 is 4.74 Å². The molecule has 0 aromatic carbocycles. The quantitative estimate of drug-likeness (QED) is 0.396. The number of rotatable bonds is 3. The lowest BCUT2D eigenvalue weighted by Gasteiger charge is -2.19. The second-order valence-corrected chi connectivity index (χ2v) is 1.65. The molecule has 0 amide bonds. The van der Waals surface area contributed by atoms with Crippen molar-refractivity contribution in [2.45, 2.75) is 12.3 Å². The fraction of sp³-hybridized carbons (Fsp3) is 0.600. The highest BCUT2D eigenvalue weighted by Crippen LogP contribution is 1.97. The van der Waals surface area contributed by atoms with Gasteiger partial charge in [-0.3, -0.25) is 11.5 Å². The van der Waals surface area contributed by atoms with Gasteiger partial charge in [0.25, 0.3) is 0 Å². The first kappa shape index (κ1) is 7.62. The fourth-order valence-electron chi connectivity index (χ4n) is 0.309. The van der Waals surface area contributed by atoms with Crippen molar-refractivity contribution in [1.82, 2.24) is 0 Å². The molecule has 0 aromatic heterocycles. The van der Waals surface area contributed by atoms with Gasteiger partial charge in [-0.2, -0.15) is 0 Å². The minimum atomic E-state index is -1.03. The maximum Gasteiger partial charge on any atom is 0.172 e. The minimum Gasteiger partial charge on any atom is -0.351 e. The molecule has 0 bridgehead atoms. The molecule has 0 saturated heterocycles. The number of nitrogens with two attached hydrogens (primary N) is 2. The smallest absolute Gasteiger partial charge is 0.172 e. The van der Waals surface area contributed by atoms with Gasteiger partial charge in [-0.25, -0.2) is 0 Å². The van der Waals surface area contributed by atoms with Crippen LogP contribution < -0.4 is 11.5 Å². The van der Waals surface area contributed by atoms with Gasteiger partial charge in [0, 0.05) is 13.5 Å². The Bertz CT molecular complexity index is 80.5. The first-order valence-corrected chi connectivity index (χ1v) is 2.36. The van der Waals surface area contributed by atoms with E-state index in [1.807, 2.05) is 0 Å². The van der Waals surface area contributed by atoms with Gasteiger partial charge in [0.15, 0.2) is 5.85 Å². The average molecular weight is 116 g/mol. The second-order valence-electron chi connectivity index (χ2n) is 1.65. The average Bonchev–Trinajstić information content (AvgIpc) is 1.67. The molecule has 0 rings (SSSR count). The van der Waals surface area contributed by atoms with Crippen molar-refractivity contribution in [3.8, 4) is 0 Å². The van der Waals surface area contributed by atoms with Crippen molar-refractivity contribution in [1.29, 1.82) is 0 Å². The number of ether oxygens (including phenoxy) is 1. The molecule has 0 aliphatic carbocycles. The first-order chi connectivity index (χ1) is 3.62. The van der Waals surface area contributed by atoms with Gasteiger partial charge >= 0.3 is 0 Å². The van der Waals surface area contributed by atoms with Crippen LogP contribution in [0.4, 0.5) is 0 Å². The Morgan fingerprint density at radius 3 is 2.38 bits per heavy atom. The number of methoxy groups -OCH3 is 1. The SMILES string of the molecule is C=CCC(N)(N)OC. The van der Waals surface area contributed by atoms with Crippen LogP contribution in [0.5, 0.6) is 0 Å². The predicted octanol–water partition coefficient (Wildman–Crippen LogP) is -0.220. The summed E-state index contributed by atoms with van der Waals surface area (Å²) in [6.07, 6.45) is 2.08. The summed E-state index contributed by atoms with van der Waals surface area (Å²) < 4.78 is 4.66. The van der Waals surface area contributed by atoms with Gasteiger partial charge in [0.1, 0.15) is 0 Å². The molecule has 0 aromatic rings. The molecule has 0 aliphatic heterocycles. The molecule has 4 N–H and O–H groups in total. The van der Waals surface area contributed by atoms with E-state index in [2.05, 4.69) is 11.3 Å². The Morgan fingerprint density at radius 2 is 2.25 bits per heavy atom. The zero-order valence-corrected chi connectivity index (χ0v) is 5.05. The van der Waals surface area contributed by atoms with Crippen LogP contribution in [0.15, 0.2) is 12.7 Å². The van der Waals surface area contributed by atoms with E-state index >= 15 is 0 Å². The molecule has 3 nitrogen and oxygen atoms in total. The molecule has 0 unspecified atom stereocenters. The molecule has 48 valence electrons. The van der Waals surface area contributed by atoms with E-state index in [1.54, 1.807) is 6.08 Å². The number of hydrogen-bond acceptors (Lipinski definition) is 3. The summed E-state index contributed by atoms with van der Waals surface area (Å²) in [5.41, 5.74) is 10.6. The highest BCUT2D eigenvalue weighted by atomic mass is 16.5. The Hall–Kier alpha value is -0.380. The Labute approximate surface area is 49.3 Å². The second kappa shape index (κ2) is 2.81. The predicted molar refractivity (Wildman–Crippen MR) is 32.9 cm³/mol. The van der Waals surface area contributed by atoms with E-state index in [4.69, 9.17) is 11.5 Å². The van der Waals surface area contributed by atoms with Gasteiger partial charge in [-0.05, 0) is 0 Å². The lowest BCUT2D eigenvalue weighted by Crippen LogP contribution is -2.50. The van der Waals surface area contributed by atoms with Crippen LogP contribution in [-0.4, -0.2) is 13.0 Å². The molecular weight excluding hydrogens is 104 g/mol. The molecule has 0 spiro atoms. The summed E-state index contributed by atoms with van der Waals surface area (Å²) in [5, 5.41) is 0. The topological polar surface area (TPSA) is 61.3 Å². The molecule has 0 saturated carbocycles. The summed E-state index contributed by atoms with van der Waals surface area (Å²) in [6, 6.07) is 0. The third kappa shape index (κ3) is 2.74. The molecule has 0 radical (unpaired) electrons. The van der Waals surface area contributed by atoms with E-state index < -0.39 is 5.85 Å². The van der Waals surface area contributed by atoms with Crippen LogP contribution in [0.2, 0.25) is 0 Å². The molecule has 0 aliphatic rings. The standard InChI is InChI=1S/C5H12N2O/c1-3-4-5(6,7)8-2/h3H,1,4,6-7H2,2H3. The Kier molecular flexibility index (Phi) is 2.68. The highest BCUT2D eigenvalue weighted by Gasteiger charge is 2.13. The van der Waals surface area contributed by atoms with Gasteiger partial charge in [-0.1, -0.05) is 6.08 Å². The maximum atomic E-state index is 5.31. The molecular formula is C5H12N2O. The third-order valence-electron chi connectivity index (χ3n) is 0.843. The van der Waals surface area contributed by atoms with Gasteiger partial charge in [0.05, 0.1) is 0 Å². The summed E-state index contributed by atoms with van der Waals surface area (Å²) >= 11 is 0. The zero-order valence-electron chi connectivity index (χ0n) is 5.05. The lowest BCUT2D eigenvalue weighted by molar-refractivity contribution is 0.00329. The largest absolute Gasteiger partial charge is 0.351 e. The highest BCUT2D eigenvalue weighted by molar-refractivity contribution is 4.77. The van der Waals surface area contributed by atoms with E-state index in [0.717, 1.165) is 0 Å². The maximum absolute atomic E-state index is 5.31. The van der Waals surface area contributed by atoms with Gasteiger partial charge in [0.2, 0.25) is 0 Å². The van der Waals surface area contributed by atoms with Crippen LogP contribution >= 0.6 is 0 Å². The van der Waals surface area contributed by atoms with Gasteiger partial charge in [-0.15, -0.1) is 6.58 Å². The summed E-state index contributed by atoms with van der Waals surface area (Å²) in [4.78, 5) is 0. The normalized spacial score (nSPS) is 11.4. The van der Waals surface area contributed by atoms with E-state index in [1.165, 1.54) is 7.11 Å². The fourth-order valence-corrected chi connectivity index (χ4v) is 0.309. The van der Waals surface area contributed by atoms with E-state index in [0.29, 0.717) is 6.42 Å². The lowest BCUT2D eigenvalue weighted by atomic mass is 10.3. The monoisotopic (exact) mass is 116 g/mol. The van der Waals surface area contributed by atoms with E-state index in [9.17, 15) is 0 Å². The van der Waals surface area contributed by atoms with Crippen molar-refractivity contribution in [2.75, 3.05) is 7.11 Å². The molecule has 8 heavy (non-hydrogen) atoms. The van der Waals surface area contributed by atoms with Crippen LogP contribution in [0.25, 0.3) is 0 Å². The van der Waals surface area contributed by atoms with Gasteiger partial charge < -0.3 is 4.74 Å². The van der Waals surface area contributed by atoms with Crippen LogP contribution in [0.1, 0.15) is 6.42 Å². The van der Waals surface area contributed by atoms with Crippen molar-refractivity contribution >= 4 is 0 Å². The summed E-state index contributed by atoms with van der Waals surface area (Å²) in [7, 11) is 1.46. The van der Waals surface area contributed by atoms with Crippen LogP contribution in [-0.2, 0) is 4.74 Å². The summed E-state index contributed by atoms with van der Waals surface area (Å²) in [6.45, 7) is 3.45. The third-order valence-corrected chi connectivity index (χ3v) is 0.843. The molecule has 3 heteroatoms. The zero-order chi connectivity index (χ0) is 6.62. The summed E-state index contributed by atoms with van der Waals surface area (Å²) in [5.74, 6) is -1.03. The molecule has 0 atom stereocenters. The van der Waals surface area contributed by atoms with Crippen LogP contribution in [0.3, 0.4) is 0 Å². The first-order valence-electron chi connectivity index (χ1n) is 2.36. The minimum absolute atomic E-state index is 0.462. The Morgan fingerprint density at radius 1 is 1.75 bits per heavy atom. The molecule has 0 fully saturated rings. The molecule has 0 heterocycles. The van der Waals surface area contributed by atoms with Crippen molar-refractivity contribution in [3.63, 3.8) is 0 Å². The Balaban J connectivity index is 3.53. The van der Waals surface area contributed by atoms with Crippen LogP contribution in [0, 0.1) is 0 Å². The number of hydrogen-bond donors (Lipinski definition) is 2.